The summed E-state index contributed by atoms with van der Waals surface area (Å²) in [5, 5.41) is 0. The van der Waals surface area contributed by atoms with Crippen molar-refractivity contribution in [1.29, 1.82) is 0 Å². The number of nitrogens with zero attached hydrogens (tertiary/aromatic N) is 2. The van der Waals surface area contributed by atoms with Gasteiger partial charge in [-0.15, -0.1) is 0 Å². The van der Waals surface area contributed by atoms with Gasteiger partial charge in [-0.25, -0.2) is 4.79 Å². The largest absolute Gasteiger partial charge is 0.461 e. The van der Waals surface area contributed by atoms with Gasteiger partial charge in [0, 0.05) is 6.04 Å². The Morgan fingerprint density at radius 2 is 2.16 bits per heavy atom. The van der Waals surface area contributed by atoms with Crippen molar-refractivity contribution in [1.82, 2.24) is 4.98 Å². The quantitative estimate of drug-likeness (QED) is 0.776. The molecule has 0 aliphatic heterocycles. The summed E-state index contributed by atoms with van der Waals surface area (Å²) in [4.78, 5) is 16.0. The number of ether oxygens (including phenoxy) is 1. The van der Waals surface area contributed by atoms with E-state index >= 15 is 0 Å². The molecule has 0 N–H and O–H groups in total. The molecule has 1 rings (SSSR count). The number of alkyl halides is 3. The van der Waals surface area contributed by atoms with Crippen molar-refractivity contribution in [2.45, 2.75) is 33.0 Å². The zero-order valence-corrected chi connectivity index (χ0v) is 10.8. The highest BCUT2D eigenvalue weighted by Gasteiger charge is 2.34. The number of hydrogen-bond acceptors (Lipinski definition) is 5. The number of aromatic nitrogens is 1. The molecule has 0 aliphatic carbocycles. The highest BCUT2D eigenvalue weighted by Crippen LogP contribution is 2.23. The monoisotopic (exact) mass is 280 g/mol. The molecule has 0 atom stereocenters. The van der Waals surface area contributed by atoms with E-state index in [0.717, 1.165) is 11.2 Å². The number of rotatable bonds is 5. The molecule has 1 aromatic heterocycles. The van der Waals surface area contributed by atoms with E-state index in [2.05, 4.69) is 9.72 Å². The predicted molar refractivity (Wildman–Crippen MR) is 61.0 cm³/mol. The minimum Gasteiger partial charge on any atom is -0.461 e. The van der Waals surface area contributed by atoms with E-state index in [1.54, 1.807) is 20.8 Å². The van der Waals surface area contributed by atoms with Crippen LogP contribution >= 0.6 is 0 Å². The molecule has 0 amide bonds. The number of carbonyl (C=O) groups excluding carboxylic acids is 1. The Morgan fingerprint density at radius 1 is 1.53 bits per heavy atom. The summed E-state index contributed by atoms with van der Waals surface area (Å²) < 4.78 is 46.9. The van der Waals surface area contributed by atoms with E-state index < -0.39 is 24.7 Å². The second-order valence-corrected chi connectivity index (χ2v) is 4.07. The number of esters is 1. The van der Waals surface area contributed by atoms with Gasteiger partial charge in [-0.3, -0.25) is 0 Å². The predicted octanol–water partition coefficient (Wildman–Crippen LogP) is 2.63. The van der Waals surface area contributed by atoms with Gasteiger partial charge in [-0.05, 0) is 20.8 Å². The number of anilines is 1. The Balaban J connectivity index is 2.89. The fourth-order valence-electron chi connectivity index (χ4n) is 1.36. The molecule has 5 nitrogen and oxygen atoms in total. The SMILES string of the molecule is CCOC(=O)c1coc(N(CC(F)(F)F)C(C)C)n1. The second kappa shape index (κ2) is 5.94. The Bertz CT molecular complexity index is 429. The molecule has 0 spiro atoms. The Labute approximate surface area is 108 Å². The fourth-order valence-corrected chi connectivity index (χ4v) is 1.36. The molecule has 1 aromatic rings. The van der Waals surface area contributed by atoms with Crippen LogP contribution < -0.4 is 4.90 Å². The minimum absolute atomic E-state index is 0.148. The highest BCUT2D eigenvalue weighted by atomic mass is 19.4. The molecule has 0 fully saturated rings. The van der Waals surface area contributed by atoms with Crippen molar-refractivity contribution in [3.63, 3.8) is 0 Å². The number of carbonyl (C=O) groups is 1. The number of hydrogen-bond donors (Lipinski definition) is 0. The summed E-state index contributed by atoms with van der Waals surface area (Å²) in [6.07, 6.45) is -3.40. The molecular formula is C11H15F3N2O3. The van der Waals surface area contributed by atoms with Crippen LogP contribution in [0.5, 0.6) is 0 Å². The van der Waals surface area contributed by atoms with Crippen LogP contribution in [0.1, 0.15) is 31.3 Å². The molecule has 0 saturated carbocycles. The van der Waals surface area contributed by atoms with Gasteiger partial charge in [0.1, 0.15) is 12.8 Å². The smallest absolute Gasteiger partial charge is 0.406 e. The normalized spacial score (nSPS) is 11.7. The van der Waals surface area contributed by atoms with Crippen LogP contribution in [0.25, 0.3) is 0 Å². The van der Waals surface area contributed by atoms with Gasteiger partial charge in [-0.2, -0.15) is 18.2 Å². The first kappa shape index (κ1) is 15.3. The lowest BCUT2D eigenvalue weighted by Crippen LogP contribution is -2.39. The molecular weight excluding hydrogens is 265 g/mol. The van der Waals surface area contributed by atoms with Crippen molar-refractivity contribution < 1.29 is 27.1 Å². The summed E-state index contributed by atoms with van der Waals surface area (Å²) in [6, 6.07) is -0.731. The van der Waals surface area contributed by atoms with Crippen LogP contribution in [0, 0.1) is 0 Å². The Kier molecular flexibility index (Phi) is 4.79. The molecule has 19 heavy (non-hydrogen) atoms. The van der Waals surface area contributed by atoms with E-state index in [4.69, 9.17) is 4.42 Å². The summed E-state index contributed by atoms with van der Waals surface area (Å²) in [7, 11) is 0. The third kappa shape index (κ3) is 4.46. The molecule has 0 radical (unpaired) electrons. The standard InChI is InChI=1S/C11H15F3N2O3/c1-4-18-9(17)8-5-19-10(15-8)16(7(2)3)6-11(12,13)14/h5,7H,4,6H2,1-3H3. The van der Waals surface area contributed by atoms with Gasteiger partial charge in [0.25, 0.3) is 6.01 Å². The number of oxazole rings is 1. The topological polar surface area (TPSA) is 55.6 Å². The first-order valence-electron chi connectivity index (χ1n) is 5.70. The zero-order valence-electron chi connectivity index (χ0n) is 10.8. The van der Waals surface area contributed by atoms with Crippen LogP contribution in [0.4, 0.5) is 19.2 Å². The molecule has 0 unspecified atom stereocenters. The molecule has 8 heteroatoms. The maximum absolute atomic E-state index is 12.4. The summed E-state index contributed by atoms with van der Waals surface area (Å²) in [5.41, 5.74) is -0.148. The first-order chi connectivity index (χ1) is 8.74. The van der Waals surface area contributed by atoms with Crippen molar-refractivity contribution in [2.75, 3.05) is 18.1 Å². The third-order valence-corrected chi connectivity index (χ3v) is 2.20. The average molecular weight is 280 g/mol. The number of halogens is 3. The van der Waals surface area contributed by atoms with E-state index in [1.165, 1.54) is 0 Å². The Hall–Kier alpha value is -1.73. The molecule has 0 aliphatic rings. The van der Waals surface area contributed by atoms with Gasteiger partial charge in [-0.1, -0.05) is 0 Å². The maximum atomic E-state index is 12.4. The lowest BCUT2D eigenvalue weighted by atomic mass is 10.3. The lowest BCUT2D eigenvalue weighted by molar-refractivity contribution is -0.121. The summed E-state index contributed by atoms with van der Waals surface area (Å²) >= 11 is 0. The fraction of sp³-hybridized carbons (Fsp3) is 0.636. The van der Waals surface area contributed by atoms with Crippen molar-refractivity contribution >= 4 is 12.0 Å². The lowest BCUT2D eigenvalue weighted by Gasteiger charge is -2.25. The van der Waals surface area contributed by atoms with Crippen LogP contribution in [-0.4, -0.2) is 36.3 Å². The van der Waals surface area contributed by atoms with Crippen molar-refractivity contribution in [3.8, 4) is 0 Å². The van der Waals surface area contributed by atoms with Crippen molar-refractivity contribution in [3.05, 3.63) is 12.0 Å². The van der Waals surface area contributed by atoms with Gasteiger partial charge in [0.05, 0.1) is 6.61 Å². The van der Waals surface area contributed by atoms with Gasteiger partial charge >= 0.3 is 12.1 Å². The summed E-state index contributed by atoms with van der Waals surface area (Å²) in [5.74, 6) is -0.729. The molecule has 0 bridgehead atoms. The average Bonchev–Trinajstić information content (AvgIpc) is 2.73. The second-order valence-electron chi connectivity index (χ2n) is 4.07. The van der Waals surface area contributed by atoms with E-state index in [-0.39, 0.29) is 18.3 Å². The van der Waals surface area contributed by atoms with Gasteiger partial charge in [0.15, 0.2) is 5.69 Å². The van der Waals surface area contributed by atoms with E-state index in [1.807, 2.05) is 0 Å². The molecule has 108 valence electrons. The maximum Gasteiger partial charge on any atom is 0.406 e. The Morgan fingerprint density at radius 3 is 2.63 bits per heavy atom. The highest BCUT2D eigenvalue weighted by molar-refractivity contribution is 5.87. The first-order valence-corrected chi connectivity index (χ1v) is 5.70. The van der Waals surface area contributed by atoms with Gasteiger partial charge in [0.2, 0.25) is 0 Å². The van der Waals surface area contributed by atoms with Crippen molar-refractivity contribution in [2.24, 2.45) is 0 Å². The molecule has 1 heterocycles. The third-order valence-electron chi connectivity index (χ3n) is 2.20. The van der Waals surface area contributed by atoms with Crippen LogP contribution in [-0.2, 0) is 4.74 Å². The molecule has 0 saturated heterocycles. The summed E-state index contributed by atoms with van der Waals surface area (Å²) in [6.45, 7) is 3.70. The van der Waals surface area contributed by atoms with E-state index in [0.29, 0.717) is 0 Å². The van der Waals surface area contributed by atoms with Crippen LogP contribution in [0.3, 0.4) is 0 Å². The minimum atomic E-state index is -4.39. The van der Waals surface area contributed by atoms with Crippen LogP contribution in [0.2, 0.25) is 0 Å². The van der Waals surface area contributed by atoms with E-state index in [9.17, 15) is 18.0 Å². The molecule has 0 aromatic carbocycles. The van der Waals surface area contributed by atoms with Gasteiger partial charge < -0.3 is 14.1 Å². The zero-order chi connectivity index (χ0) is 14.6. The van der Waals surface area contributed by atoms with Crippen LogP contribution in [0.15, 0.2) is 10.7 Å².